The van der Waals surface area contributed by atoms with Crippen molar-refractivity contribution in [2.24, 2.45) is 0 Å². The monoisotopic (exact) mass is 324 g/mol. The number of methoxy groups -OCH3 is 1. The molecule has 5 nitrogen and oxygen atoms in total. The second-order valence-electron chi connectivity index (χ2n) is 5.09. The quantitative estimate of drug-likeness (QED) is 0.746. The lowest BCUT2D eigenvalue weighted by atomic mass is 9.97. The second-order valence-corrected chi connectivity index (χ2v) is 5.09. The number of amides is 2. The minimum atomic E-state index is -4.89. The molecule has 2 amide bonds. The number of nitrogens with one attached hydrogen (secondary N) is 2. The first-order chi connectivity index (χ1) is 9.97. The molecule has 1 aromatic rings. The highest BCUT2D eigenvalue weighted by molar-refractivity contribution is 5.89. The molecule has 0 aromatic heterocycles. The van der Waals surface area contributed by atoms with E-state index in [-0.39, 0.29) is 11.4 Å². The third-order valence-corrected chi connectivity index (χ3v) is 2.84. The van der Waals surface area contributed by atoms with E-state index in [4.69, 9.17) is 4.74 Å². The molecule has 0 radical (unpaired) electrons. The van der Waals surface area contributed by atoms with Gasteiger partial charge in [-0.1, -0.05) is 0 Å². The van der Waals surface area contributed by atoms with Crippen LogP contribution in [0.5, 0.6) is 5.75 Å². The van der Waals surface area contributed by atoms with E-state index >= 15 is 0 Å². The molecule has 1 unspecified atom stereocenters. The molecule has 0 fully saturated rings. The van der Waals surface area contributed by atoms with E-state index in [9.17, 15) is 27.5 Å². The van der Waals surface area contributed by atoms with E-state index in [1.807, 2.05) is 5.32 Å². The fourth-order valence-corrected chi connectivity index (χ4v) is 1.68. The van der Waals surface area contributed by atoms with Gasteiger partial charge in [-0.05, 0) is 26.0 Å². The van der Waals surface area contributed by atoms with Crippen LogP contribution in [-0.4, -0.2) is 36.1 Å². The van der Waals surface area contributed by atoms with E-state index < -0.39 is 29.7 Å². The van der Waals surface area contributed by atoms with Crippen LogP contribution in [0, 0.1) is 5.82 Å². The SMILES string of the molecule is COc1ccc(NC(=O)NC(C)(C)C(O)C(F)(F)F)cc1F. The number of rotatable bonds is 4. The molecule has 0 bridgehead atoms. The molecular weight excluding hydrogens is 308 g/mol. The Labute approximate surface area is 124 Å². The molecule has 22 heavy (non-hydrogen) atoms. The average Bonchev–Trinajstić information content (AvgIpc) is 2.36. The lowest BCUT2D eigenvalue weighted by Gasteiger charge is -2.32. The Hall–Kier alpha value is -2.03. The molecule has 0 saturated carbocycles. The molecule has 0 spiro atoms. The first-order valence-electron chi connectivity index (χ1n) is 6.15. The molecule has 0 aliphatic carbocycles. The number of ether oxygens (including phenoxy) is 1. The van der Waals surface area contributed by atoms with Gasteiger partial charge in [-0.15, -0.1) is 0 Å². The summed E-state index contributed by atoms with van der Waals surface area (Å²) in [5.74, 6) is -0.784. The second kappa shape index (κ2) is 6.39. The van der Waals surface area contributed by atoms with E-state index in [0.29, 0.717) is 0 Å². The van der Waals surface area contributed by atoms with Crippen LogP contribution in [0.15, 0.2) is 18.2 Å². The summed E-state index contributed by atoms with van der Waals surface area (Å²) in [4.78, 5) is 11.7. The van der Waals surface area contributed by atoms with Crippen molar-refractivity contribution in [2.75, 3.05) is 12.4 Å². The lowest BCUT2D eigenvalue weighted by molar-refractivity contribution is -0.221. The Morgan fingerprint density at radius 2 is 1.91 bits per heavy atom. The zero-order valence-electron chi connectivity index (χ0n) is 12.1. The van der Waals surface area contributed by atoms with Crippen molar-refractivity contribution in [1.29, 1.82) is 0 Å². The number of aliphatic hydroxyl groups excluding tert-OH is 1. The van der Waals surface area contributed by atoms with Crippen molar-refractivity contribution in [3.05, 3.63) is 24.0 Å². The van der Waals surface area contributed by atoms with Crippen molar-refractivity contribution in [3.63, 3.8) is 0 Å². The van der Waals surface area contributed by atoms with Crippen LogP contribution < -0.4 is 15.4 Å². The highest BCUT2D eigenvalue weighted by Gasteiger charge is 2.48. The van der Waals surface area contributed by atoms with Gasteiger partial charge in [0.25, 0.3) is 0 Å². The van der Waals surface area contributed by atoms with E-state index in [2.05, 4.69) is 5.32 Å². The molecule has 0 saturated heterocycles. The van der Waals surface area contributed by atoms with Gasteiger partial charge in [-0.25, -0.2) is 9.18 Å². The fourth-order valence-electron chi connectivity index (χ4n) is 1.68. The van der Waals surface area contributed by atoms with Gasteiger partial charge in [-0.2, -0.15) is 13.2 Å². The van der Waals surface area contributed by atoms with Crippen molar-refractivity contribution in [2.45, 2.75) is 31.7 Å². The molecule has 0 aliphatic rings. The molecule has 9 heteroatoms. The number of anilines is 1. The summed E-state index contributed by atoms with van der Waals surface area (Å²) < 4.78 is 55.6. The Morgan fingerprint density at radius 3 is 2.36 bits per heavy atom. The van der Waals surface area contributed by atoms with Gasteiger partial charge >= 0.3 is 12.2 Å². The standard InChI is InChI=1S/C13H16F4N2O3/c1-12(2,10(20)13(15,16)17)19-11(21)18-7-4-5-9(22-3)8(14)6-7/h4-6,10,20H,1-3H3,(H2,18,19,21). The normalized spacial score (nSPS) is 13.5. The van der Waals surface area contributed by atoms with Crippen LogP contribution in [0.1, 0.15) is 13.8 Å². The zero-order chi connectivity index (χ0) is 17.1. The summed E-state index contributed by atoms with van der Waals surface area (Å²) in [7, 11) is 1.26. The van der Waals surface area contributed by atoms with E-state index in [1.165, 1.54) is 19.2 Å². The predicted molar refractivity (Wildman–Crippen MR) is 71.2 cm³/mol. The maximum absolute atomic E-state index is 13.4. The summed E-state index contributed by atoms with van der Waals surface area (Å²) in [5, 5.41) is 13.4. The summed E-state index contributed by atoms with van der Waals surface area (Å²) in [6.45, 7) is 2.03. The van der Waals surface area contributed by atoms with E-state index in [1.54, 1.807) is 0 Å². The maximum Gasteiger partial charge on any atom is 0.416 e. The maximum atomic E-state index is 13.4. The van der Waals surface area contributed by atoms with Crippen LogP contribution >= 0.6 is 0 Å². The summed E-state index contributed by atoms with van der Waals surface area (Å²) in [5.41, 5.74) is -1.94. The lowest BCUT2D eigenvalue weighted by Crippen LogP contribution is -2.58. The number of hydrogen-bond donors (Lipinski definition) is 3. The summed E-state index contributed by atoms with van der Waals surface area (Å²) in [6.07, 6.45) is -7.64. The van der Waals surface area contributed by atoms with Crippen LogP contribution in [0.4, 0.5) is 28.0 Å². The zero-order valence-corrected chi connectivity index (χ0v) is 12.1. The number of halogens is 4. The number of carbonyl (C=O) groups is 1. The minimum Gasteiger partial charge on any atom is -0.494 e. The van der Waals surface area contributed by atoms with Gasteiger partial charge in [-0.3, -0.25) is 0 Å². The number of urea groups is 1. The predicted octanol–water partition coefficient (Wildman–Crippen LogP) is 2.66. The van der Waals surface area contributed by atoms with Crippen molar-refractivity contribution < 1.29 is 32.2 Å². The van der Waals surface area contributed by atoms with Crippen LogP contribution in [0.2, 0.25) is 0 Å². The van der Waals surface area contributed by atoms with Gasteiger partial charge in [0.05, 0.1) is 12.6 Å². The van der Waals surface area contributed by atoms with Gasteiger partial charge in [0.2, 0.25) is 0 Å². The van der Waals surface area contributed by atoms with E-state index in [0.717, 1.165) is 19.9 Å². The number of hydrogen-bond acceptors (Lipinski definition) is 3. The molecule has 1 rings (SSSR count). The molecule has 3 N–H and O–H groups in total. The smallest absolute Gasteiger partial charge is 0.416 e. The van der Waals surface area contributed by atoms with Gasteiger partial charge in [0, 0.05) is 11.8 Å². The highest BCUT2D eigenvalue weighted by atomic mass is 19.4. The molecule has 1 aromatic carbocycles. The Bertz CT molecular complexity index is 547. The summed E-state index contributed by atoms with van der Waals surface area (Å²) >= 11 is 0. The van der Waals surface area contributed by atoms with Crippen LogP contribution in [0.3, 0.4) is 0 Å². The first kappa shape index (κ1) is 18.0. The van der Waals surface area contributed by atoms with Crippen LogP contribution in [-0.2, 0) is 0 Å². The molecular formula is C13H16F4N2O3. The third-order valence-electron chi connectivity index (χ3n) is 2.84. The topological polar surface area (TPSA) is 70.6 Å². The highest BCUT2D eigenvalue weighted by Crippen LogP contribution is 2.28. The number of benzene rings is 1. The number of aliphatic hydroxyl groups is 1. The summed E-state index contributed by atoms with van der Waals surface area (Å²) in [6, 6.07) is 2.50. The van der Waals surface area contributed by atoms with Gasteiger partial charge in [0.15, 0.2) is 17.7 Å². The molecule has 0 heterocycles. The molecule has 0 aliphatic heterocycles. The Kier molecular flexibility index (Phi) is 5.23. The van der Waals surface area contributed by atoms with Gasteiger partial charge < -0.3 is 20.5 Å². The molecule has 1 atom stereocenters. The Morgan fingerprint density at radius 1 is 1.32 bits per heavy atom. The van der Waals surface area contributed by atoms with Crippen molar-refractivity contribution in [3.8, 4) is 5.75 Å². The van der Waals surface area contributed by atoms with Crippen molar-refractivity contribution in [1.82, 2.24) is 5.32 Å². The van der Waals surface area contributed by atoms with Crippen LogP contribution in [0.25, 0.3) is 0 Å². The largest absolute Gasteiger partial charge is 0.494 e. The first-order valence-corrected chi connectivity index (χ1v) is 6.15. The Balaban J connectivity index is 2.76. The van der Waals surface area contributed by atoms with Crippen molar-refractivity contribution >= 4 is 11.7 Å². The minimum absolute atomic E-state index is 0.0214. The third kappa shape index (κ3) is 4.48. The number of carbonyl (C=O) groups excluding carboxylic acids is 1. The average molecular weight is 324 g/mol. The van der Waals surface area contributed by atoms with Gasteiger partial charge in [0.1, 0.15) is 0 Å². The molecule has 124 valence electrons. The fraction of sp³-hybridized carbons (Fsp3) is 0.462. The number of alkyl halides is 3.